The number of nitrogens with zero attached hydrogens (tertiary/aromatic N) is 3. The Balaban J connectivity index is 1.47. The molecule has 0 saturated carbocycles. The lowest BCUT2D eigenvalue weighted by molar-refractivity contribution is -0.127. The average molecular weight is 317 g/mol. The topological polar surface area (TPSA) is 49.6 Å². The van der Waals surface area contributed by atoms with Gasteiger partial charge in [0.2, 0.25) is 5.91 Å². The Morgan fingerprint density at radius 2 is 2.23 bits per heavy atom. The van der Waals surface area contributed by atoms with Gasteiger partial charge in [0.1, 0.15) is 0 Å². The van der Waals surface area contributed by atoms with E-state index in [1.807, 2.05) is 41.5 Å². The molecule has 1 aliphatic heterocycles. The van der Waals surface area contributed by atoms with Crippen molar-refractivity contribution in [3.05, 3.63) is 46.0 Å². The molecule has 0 N–H and O–H groups in total. The van der Waals surface area contributed by atoms with Crippen LogP contribution in [0, 0.1) is 6.92 Å². The van der Waals surface area contributed by atoms with Crippen molar-refractivity contribution in [3.63, 3.8) is 0 Å². The predicted octanol–water partition coefficient (Wildman–Crippen LogP) is 2.40. The molecule has 0 aromatic carbocycles. The highest BCUT2D eigenvalue weighted by Crippen LogP contribution is 2.12. The molecule has 0 spiro atoms. The molecular formula is C16H19N3O2S. The standard InChI is InChI=1S/C16H19N3O2S/c1-13-11-14(21-17-13)12-18-6-8-19(9-7-18)16(20)5-4-15-3-2-10-22-15/h2-5,10-11H,6-9,12H2,1H3/b5-4+. The molecule has 1 saturated heterocycles. The molecule has 1 aliphatic rings. The van der Waals surface area contributed by atoms with E-state index >= 15 is 0 Å². The van der Waals surface area contributed by atoms with Crippen LogP contribution in [-0.4, -0.2) is 47.0 Å². The summed E-state index contributed by atoms with van der Waals surface area (Å²) in [7, 11) is 0. The predicted molar refractivity (Wildman–Crippen MR) is 86.5 cm³/mol. The van der Waals surface area contributed by atoms with Crippen LogP contribution in [0.5, 0.6) is 0 Å². The van der Waals surface area contributed by atoms with E-state index in [1.165, 1.54) is 0 Å². The van der Waals surface area contributed by atoms with Gasteiger partial charge in [0.15, 0.2) is 5.76 Å². The van der Waals surface area contributed by atoms with Crippen LogP contribution in [0.4, 0.5) is 0 Å². The van der Waals surface area contributed by atoms with Gasteiger partial charge in [-0.2, -0.15) is 0 Å². The third-order valence-electron chi connectivity index (χ3n) is 3.67. The van der Waals surface area contributed by atoms with Gasteiger partial charge in [-0.3, -0.25) is 9.69 Å². The summed E-state index contributed by atoms with van der Waals surface area (Å²) >= 11 is 1.63. The minimum Gasteiger partial charge on any atom is -0.360 e. The number of amides is 1. The van der Waals surface area contributed by atoms with Gasteiger partial charge in [-0.15, -0.1) is 11.3 Å². The first-order valence-corrected chi connectivity index (χ1v) is 8.24. The molecule has 0 atom stereocenters. The number of carbonyl (C=O) groups is 1. The summed E-state index contributed by atoms with van der Waals surface area (Å²) in [5, 5.41) is 5.91. The van der Waals surface area contributed by atoms with Crippen LogP contribution in [0.3, 0.4) is 0 Å². The number of rotatable bonds is 4. The Morgan fingerprint density at radius 1 is 1.41 bits per heavy atom. The Morgan fingerprint density at radius 3 is 2.86 bits per heavy atom. The van der Waals surface area contributed by atoms with Gasteiger partial charge in [-0.25, -0.2) is 0 Å². The van der Waals surface area contributed by atoms with Gasteiger partial charge >= 0.3 is 0 Å². The number of aromatic nitrogens is 1. The van der Waals surface area contributed by atoms with Crippen molar-refractivity contribution in [1.82, 2.24) is 15.0 Å². The molecule has 0 unspecified atom stereocenters. The van der Waals surface area contributed by atoms with Crippen molar-refractivity contribution in [1.29, 1.82) is 0 Å². The molecule has 6 heteroatoms. The van der Waals surface area contributed by atoms with Crippen molar-refractivity contribution < 1.29 is 9.32 Å². The Bertz CT molecular complexity index is 640. The Kier molecular flexibility index (Phi) is 4.70. The first-order valence-electron chi connectivity index (χ1n) is 7.36. The van der Waals surface area contributed by atoms with Crippen LogP contribution in [0.15, 0.2) is 34.2 Å². The van der Waals surface area contributed by atoms with Gasteiger partial charge < -0.3 is 9.42 Å². The fourth-order valence-electron chi connectivity index (χ4n) is 2.48. The quantitative estimate of drug-likeness (QED) is 0.813. The molecule has 116 valence electrons. The molecule has 3 heterocycles. The van der Waals surface area contributed by atoms with E-state index in [4.69, 9.17) is 4.52 Å². The lowest BCUT2D eigenvalue weighted by atomic mass is 10.2. The van der Waals surface area contributed by atoms with Crippen LogP contribution < -0.4 is 0 Å². The summed E-state index contributed by atoms with van der Waals surface area (Å²) in [6, 6.07) is 5.95. The largest absolute Gasteiger partial charge is 0.360 e. The van der Waals surface area contributed by atoms with E-state index in [0.29, 0.717) is 0 Å². The summed E-state index contributed by atoms with van der Waals surface area (Å²) in [5.74, 6) is 0.971. The van der Waals surface area contributed by atoms with Crippen LogP contribution in [0.1, 0.15) is 16.3 Å². The number of aryl methyl sites for hydroxylation is 1. The normalized spacial score (nSPS) is 16.5. The number of thiophene rings is 1. The zero-order valence-electron chi connectivity index (χ0n) is 12.6. The van der Waals surface area contributed by atoms with Gasteiger partial charge in [-0.05, 0) is 24.4 Å². The third-order valence-corrected chi connectivity index (χ3v) is 4.51. The summed E-state index contributed by atoms with van der Waals surface area (Å²) in [5.41, 5.74) is 0.905. The smallest absolute Gasteiger partial charge is 0.246 e. The molecule has 2 aromatic rings. The van der Waals surface area contributed by atoms with Crippen molar-refractivity contribution in [2.45, 2.75) is 13.5 Å². The third kappa shape index (κ3) is 3.84. The maximum Gasteiger partial charge on any atom is 0.246 e. The van der Waals surface area contributed by atoms with Gasteiger partial charge in [0.25, 0.3) is 0 Å². The highest BCUT2D eigenvalue weighted by atomic mass is 32.1. The van der Waals surface area contributed by atoms with Crippen LogP contribution in [0.2, 0.25) is 0 Å². The lowest BCUT2D eigenvalue weighted by Crippen LogP contribution is -2.47. The van der Waals surface area contributed by atoms with Crippen LogP contribution >= 0.6 is 11.3 Å². The molecule has 22 heavy (non-hydrogen) atoms. The number of piperazine rings is 1. The Labute approximate surface area is 133 Å². The fraction of sp³-hybridized carbons (Fsp3) is 0.375. The first kappa shape index (κ1) is 15.0. The summed E-state index contributed by atoms with van der Waals surface area (Å²) in [4.78, 5) is 17.4. The van der Waals surface area contributed by atoms with Crippen molar-refractivity contribution in [3.8, 4) is 0 Å². The number of hydrogen-bond donors (Lipinski definition) is 0. The molecule has 0 radical (unpaired) electrons. The zero-order chi connectivity index (χ0) is 15.4. The van der Waals surface area contributed by atoms with Gasteiger partial charge in [0.05, 0.1) is 12.2 Å². The van der Waals surface area contributed by atoms with E-state index in [1.54, 1.807) is 17.4 Å². The van der Waals surface area contributed by atoms with E-state index < -0.39 is 0 Å². The highest BCUT2D eigenvalue weighted by Gasteiger charge is 2.20. The summed E-state index contributed by atoms with van der Waals surface area (Å²) in [6.07, 6.45) is 3.55. The maximum absolute atomic E-state index is 12.2. The summed E-state index contributed by atoms with van der Waals surface area (Å²) in [6.45, 7) is 5.90. The van der Waals surface area contributed by atoms with Crippen LogP contribution in [-0.2, 0) is 11.3 Å². The Hall–Kier alpha value is -1.92. The van der Waals surface area contributed by atoms with Crippen molar-refractivity contribution in [2.24, 2.45) is 0 Å². The van der Waals surface area contributed by atoms with Crippen LogP contribution in [0.25, 0.3) is 6.08 Å². The second-order valence-electron chi connectivity index (χ2n) is 5.38. The highest BCUT2D eigenvalue weighted by molar-refractivity contribution is 7.10. The van der Waals surface area contributed by atoms with E-state index in [-0.39, 0.29) is 5.91 Å². The fourth-order valence-corrected chi connectivity index (χ4v) is 3.10. The minimum absolute atomic E-state index is 0.0866. The van der Waals surface area contributed by atoms with Gasteiger partial charge in [0, 0.05) is 43.2 Å². The van der Waals surface area contributed by atoms with Gasteiger partial charge in [-0.1, -0.05) is 11.2 Å². The minimum atomic E-state index is 0.0866. The second-order valence-corrected chi connectivity index (χ2v) is 6.36. The lowest BCUT2D eigenvalue weighted by Gasteiger charge is -2.33. The van der Waals surface area contributed by atoms with E-state index in [2.05, 4.69) is 10.1 Å². The average Bonchev–Trinajstić information content (AvgIpc) is 3.17. The first-order chi connectivity index (χ1) is 10.7. The SMILES string of the molecule is Cc1cc(CN2CCN(C(=O)/C=C/c3cccs3)CC2)on1. The molecule has 1 fully saturated rings. The molecular weight excluding hydrogens is 298 g/mol. The molecule has 1 amide bonds. The zero-order valence-corrected chi connectivity index (χ0v) is 13.4. The molecule has 3 rings (SSSR count). The number of carbonyl (C=O) groups excluding carboxylic acids is 1. The van der Waals surface area contributed by atoms with Crippen molar-refractivity contribution >= 4 is 23.3 Å². The monoisotopic (exact) mass is 317 g/mol. The molecule has 5 nitrogen and oxygen atoms in total. The maximum atomic E-state index is 12.2. The summed E-state index contributed by atoms with van der Waals surface area (Å²) < 4.78 is 5.24. The van der Waals surface area contributed by atoms with Crippen molar-refractivity contribution in [2.75, 3.05) is 26.2 Å². The van der Waals surface area contributed by atoms with E-state index in [0.717, 1.165) is 49.1 Å². The molecule has 0 aliphatic carbocycles. The molecule has 0 bridgehead atoms. The second kappa shape index (κ2) is 6.89. The molecule has 2 aromatic heterocycles. The van der Waals surface area contributed by atoms with E-state index in [9.17, 15) is 4.79 Å². The number of hydrogen-bond acceptors (Lipinski definition) is 5.